The minimum atomic E-state index is -0.110. The summed E-state index contributed by atoms with van der Waals surface area (Å²) in [6.45, 7) is 1.69. The maximum atomic E-state index is 8.57. The molecule has 0 saturated heterocycles. The molecule has 1 heterocycles. The Bertz CT molecular complexity index is 209. The number of nitrogens with zero attached hydrogens (tertiary/aromatic N) is 1. The molecule has 0 aliphatic rings. The van der Waals surface area contributed by atoms with Crippen molar-refractivity contribution in [2.75, 3.05) is 0 Å². The molecule has 3 nitrogen and oxygen atoms in total. The van der Waals surface area contributed by atoms with E-state index in [-0.39, 0.29) is 6.61 Å². The maximum absolute atomic E-state index is 8.57. The van der Waals surface area contributed by atoms with E-state index >= 15 is 0 Å². The number of aliphatic hydroxyl groups excluding tert-OH is 1. The lowest BCUT2D eigenvalue weighted by atomic mass is 10.4. The van der Waals surface area contributed by atoms with Gasteiger partial charge in [0.25, 0.3) is 0 Å². The predicted molar refractivity (Wildman–Crippen MR) is 34.9 cm³/mol. The number of aromatic nitrogens is 1. The number of halogens is 1. The van der Waals surface area contributed by atoms with Gasteiger partial charge in [0, 0.05) is 0 Å². The molecule has 4 heteroatoms. The number of aryl methyl sites for hydroxylation is 1. The highest BCUT2D eigenvalue weighted by molar-refractivity contribution is 9.10. The van der Waals surface area contributed by atoms with Crippen molar-refractivity contribution in [1.82, 2.24) is 5.16 Å². The lowest BCUT2D eigenvalue weighted by molar-refractivity contribution is 0.227. The summed E-state index contributed by atoms with van der Waals surface area (Å²) in [7, 11) is 0. The predicted octanol–water partition coefficient (Wildman–Crippen LogP) is 1.24. The van der Waals surface area contributed by atoms with Crippen LogP contribution in [0, 0.1) is 6.92 Å². The standard InChI is InChI=1S/C5H6BrNO2/c1-3-5(6)4(2-8)9-7-3/h8H,2H2,1H3. The number of hydrogen-bond donors (Lipinski definition) is 1. The van der Waals surface area contributed by atoms with Crippen molar-refractivity contribution in [3.63, 3.8) is 0 Å². The zero-order valence-corrected chi connectivity index (χ0v) is 6.47. The first-order valence-corrected chi connectivity index (χ1v) is 3.26. The van der Waals surface area contributed by atoms with E-state index in [2.05, 4.69) is 21.1 Å². The zero-order valence-electron chi connectivity index (χ0n) is 4.89. The van der Waals surface area contributed by atoms with Gasteiger partial charge in [-0.05, 0) is 22.9 Å². The van der Waals surface area contributed by atoms with Crippen LogP contribution in [-0.4, -0.2) is 10.3 Å². The number of rotatable bonds is 1. The van der Waals surface area contributed by atoms with Gasteiger partial charge in [-0.3, -0.25) is 0 Å². The van der Waals surface area contributed by atoms with E-state index in [1.807, 2.05) is 0 Å². The summed E-state index contributed by atoms with van der Waals surface area (Å²) >= 11 is 3.19. The van der Waals surface area contributed by atoms with Crippen molar-refractivity contribution in [1.29, 1.82) is 0 Å². The first-order valence-electron chi connectivity index (χ1n) is 2.47. The monoisotopic (exact) mass is 191 g/mol. The van der Waals surface area contributed by atoms with Crippen molar-refractivity contribution in [3.05, 3.63) is 15.9 Å². The second kappa shape index (κ2) is 2.49. The van der Waals surface area contributed by atoms with Crippen molar-refractivity contribution in [2.24, 2.45) is 0 Å². The third-order valence-corrected chi connectivity index (χ3v) is 2.01. The lowest BCUT2D eigenvalue weighted by Crippen LogP contribution is -1.77. The van der Waals surface area contributed by atoms with Crippen LogP contribution in [0.1, 0.15) is 11.5 Å². The zero-order chi connectivity index (χ0) is 6.85. The van der Waals surface area contributed by atoms with Gasteiger partial charge >= 0.3 is 0 Å². The van der Waals surface area contributed by atoms with Crippen LogP contribution in [-0.2, 0) is 6.61 Å². The van der Waals surface area contributed by atoms with Crippen molar-refractivity contribution >= 4 is 15.9 Å². The molecule has 0 amide bonds. The van der Waals surface area contributed by atoms with Gasteiger partial charge in [-0.15, -0.1) is 0 Å². The Hall–Kier alpha value is -0.350. The van der Waals surface area contributed by atoms with E-state index in [0.29, 0.717) is 5.76 Å². The van der Waals surface area contributed by atoms with E-state index in [1.54, 1.807) is 6.92 Å². The third kappa shape index (κ3) is 1.14. The summed E-state index contributed by atoms with van der Waals surface area (Å²) in [5.41, 5.74) is 0.763. The maximum Gasteiger partial charge on any atom is 0.176 e. The summed E-state index contributed by atoms with van der Waals surface area (Å²) in [6.07, 6.45) is 0. The van der Waals surface area contributed by atoms with Gasteiger partial charge in [0.2, 0.25) is 0 Å². The molecule has 9 heavy (non-hydrogen) atoms. The third-order valence-electron chi connectivity index (χ3n) is 0.999. The molecule has 0 spiro atoms. The molecule has 0 aromatic carbocycles. The highest BCUT2D eigenvalue weighted by atomic mass is 79.9. The van der Waals surface area contributed by atoms with Gasteiger partial charge in [-0.2, -0.15) is 0 Å². The Balaban J connectivity index is 3.04. The van der Waals surface area contributed by atoms with Crippen LogP contribution < -0.4 is 0 Å². The first-order chi connectivity index (χ1) is 4.25. The molecule has 50 valence electrons. The van der Waals surface area contributed by atoms with Crippen molar-refractivity contribution in [3.8, 4) is 0 Å². The minimum Gasteiger partial charge on any atom is -0.388 e. The molecule has 1 aromatic rings. The molecule has 1 rings (SSSR count). The van der Waals surface area contributed by atoms with Crippen LogP contribution in [0.2, 0.25) is 0 Å². The van der Waals surface area contributed by atoms with Gasteiger partial charge in [-0.25, -0.2) is 0 Å². The molecule has 0 aliphatic heterocycles. The molecule has 0 fully saturated rings. The first kappa shape index (κ1) is 6.77. The van der Waals surface area contributed by atoms with Gasteiger partial charge in [-0.1, -0.05) is 5.16 Å². The van der Waals surface area contributed by atoms with E-state index < -0.39 is 0 Å². The largest absolute Gasteiger partial charge is 0.388 e. The van der Waals surface area contributed by atoms with Crippen LogP contribution in [0.4, 0.5) is 0 Å². The fourth-order valence-corrected chi connectivity index (χ4v) is 0.774. The topological polar surface area (TPSA) is 46.3 Å². The summed E-state index contributed by atoms with van der Waals surface area (Å²) in [4.78, 5) is 0. The minimum absolute atomic E-state index is 0.110. The summed E-state index contributed by atoms with van der Waals surface area (Å²) in [6, 6.07) is 0. The van der Waals surface area contributed by atoms with Crippen molar-refractivity contribution < 1.29 is 9.63 Å². The van der Waals surface area contributed by atoms with Gasteiger partial charge in [0.05, 0.1) is 10.2 Å². The van der Waals surface area contributed by atoms with Gasteiger partial charge in [0.15, 0.2) is 5.76 Å². The molecular formula is C5H6BrNO2. The average molecular weight is 192 g/mol. The molecule has 0 atom stereocenters. The number of aliphatic hydroxyl groups is 1. The Labute approximate surface area is 60.8 Å². The van der Waals surface area contributed by atoms with E-state index in [0.717, 1.165) is 10.2 Å². The van der Waals surface area contributed by atoms with Crippen LogP contribution in [0.25, 0.3) is 0 Å². The second-order valence-electron chi connectivity index (χ2n) is 1.66. The fraction of sp³-hybridized carbons (Fsp3) is 0.400. The highest BCUT2D eigenvalue weighted by Crippen LogP contribution is 2.19. The molecular weight excluding hydrogens is 186 g/mol. The summed E-state index contributed by atoms with van der Waals surface area (Å²) in [5, 5.41) is 12.2. The Morgan fingerprint density at radius 2 is 2.44 bits per heavy atom. The quantitative estimate of drug-likeness (QED) is 0.727. The van der Waals surface area contributed by atoms with Crippen LogP contribution in [0.15, 0.2) is 9.00 Å². The Kier molecular flexibility index (Phi) is 1.87. The molecule has 0 aliphatic carbocycles. The normalized spacial score (nSPS) is 10.1. The average Bonchev–Trinajstić information content (AvgIpc) is 2.15. The van der Waals surface area contributed by atoms with Crippen molar-refractivity contribution in [2.45, 2.75) is 13.5 Å². The van der Waals surface area contributed by atoms with E-state index in [1.165, 1.54) is 0 Å². The van der Waals surface area contributed by atoms with Gasteiger partial charge in [0.1, 0.15) is 6.61 Å². The summed E-state index contributed by atoms with van der Waals surface area (Å²) in [5.74, 6) is 0.479. The molecule has 0 unspecified atom stereocenters. The van der Waals surface area contributed by atoms with E-state index in [9.17, 15) is 0 Å². The SMILES string of the molecule is Cc1noc(CO)c1Br. The highest BCUT2D eigenvalue weighted by Gasteiger charge is 2.06. The van der Waals surface area contributed by atoms with E-state index in [4.69, 9.17) is 9.63 Å². The molecule has 1 N–H and O–H groups in total. The van der Waals surface area contributed by atoms with Crippen LogP contribution in [0.3, 0.4) is 0 Å². The Morgan fingerprint density at radius 3 is 2.67 bits per heavy atom. The molecule has 0 saturated carbocycles. The van der Waals surface area contributed by atoms with Gasteiger partial charge < -0.3 is 9.63 Å². The number of hydrogen-bond acceptors (Lipinski definition) is 3. The Morgan fingerprint density at radius 1 is 1.78 bits per heavy atom. The smallest absolute Gasteiger partial charge is 0.176 e. The molecule has 0 radical (unpaired) electrons. The molecule has 0 bridgehead atoms. The fourth-order valence-electron chi connectivity index (χ4n) is 0.504. The molecule has 1 aromatic heterocycles. The van der Waals surface area contributed by atoms with Crippen LogP contribution >= 0.6 is 15.9 Å². The van der Waals surface area contributed by atoms with Crippen LogP contribution in [0.5, 0.6) is 0 Å². The lowest BCUT2D eigenvalue weighted by Gasteiger charge is -1.83. The summed E-state index contributed by atoms with van der Waals surface area (Å²) < 4.78 is 5.45. The second-order valence-corrected chi connectivity index (χ2v) is 2.46.